The van der Waals surface area contributed by atoms with E-state index in [2.05, 4.69) is 22.3 Å². The highest BCUT2D eigenvalue weighted by molar-refractivity contribution is 5.98. The summed E-state index contributed by atoms with van der Waals surface area (Å²) < 4.78 is 5.31. The van der Waals surface area contributed by atoms with Gasteiger partial charge in [-0.25, -0.2) is 4.79 Å². The number of rotatable bonds is 8. The molecule has 0 saturated carbocycles. The van der Waals surface area contributed by atoms with Gasteiger partial charge in [0.15, 0.2) is 6.61 Å². The summed E-state index contributed by atoms with van der Waals surface area (Å²) in [4.78, 5) is 41.9. The molecule has 3 rings (SSSR count). The van der Waals surface area contributed by atoms with E-state index < -0.39 is 12.0 Å². The maximum atomic E-state index is 12.7. The van der Waals surface area contributed by atoms with Crippen LogP contribution in [0.15, 0.2) is 54.6 Å². The molecule has 1 saturated heterocycles. The Hall–Kier alpha value is -3.19. The Morgan fingerprint density at radius 1 is 0.939 bits per heavy atom. The number of amides is 2. The van der Waals surface area contributed by atoms with Crippen LogP contribution in [0.3, 0.4) is 0 Å². The summed E-state index contributed by atoms with van der Waals surface area (Å²) in [5, 5.41) is 2.76. The number of nitrogens with one attached hydrogen (secondary N) is 1. The molecule has 2 amide bonds. The van der Waals surface area contributed by atoms with Gasteiger partial charge in [-0.05, 0) is 30.0 Å². The van der Waals surface area contributed by atoms with Crippen molar-refractivity contribution in [2.75, 3.05) is 32.8 Å². The normalized spacial score (nSPS) is 15.2. The fourth-order valence-electron chi connectivity index (χ4n) is 3.86. The van der Waals surface area contributed by atoms with Crippen LogP contribution in [-0.4, -0.2) is 66.4 Å². The quantitative estimate of drug-likeness (QED) is 0.625. The summed E-state index contributed by atoms with van der Waals surface area (Å²) in [6, 6.07) is 16.6. The molecule has 2 aromatic rings. The SMILES string of the molecule is Cc1ccccc1C(=O)N[C@H](C(=O)OCC(=O)N1CCN(Cc2ccccc2)CC1)C(C)C. The third kappa shape index (κ3) is 6.89. The van der Waals surface area contributed by atoms with Crippen LogP contribution in [0, 0.1) is 12.8 Å². The summed E-state index contributed by atoms with van der Waals surface area (Å²) in [6.07, 6.45) is 0. The van der Waals surface area contributed by atoms with Crippen LogP contribution in [0.25, 0.3) is 0 Å². The topological polar surface area (TPSA) is 78.9 Å². The first kappa shape index (κ1) is 24.5. The van der Waals surface area contributed by atoms with Crippen LogP contribution in [0.2, 0.25) is 0 Å². The minimum Gasteiger partial charge on any atom is -0.454 e. The van der Waals surface area contributed by atoms with Crippen molar-refractivity contribution in [1.82, 2.24) is 15.1 Å². The van der Waals surface area contributed by atoms with Crippen molar-refractivity contribution in [2.45, 2.75) is 33.4 Å². The average molecular weight is 452 g/mol. The second-order valence-corrected chi connectivity index (χ2v) is 8.76. The number of aryl methyl sites for hydroxylation is 1. The Labute approximate surface area is 195 Å². The highest BCUT2D eigenvalue weighted by Crippen LogP contribution is 2.11. The highest BCUT2D eigenvalue weighted by Gasteiger charge is 2.28. The first-order chi connectivity index (χ1) is 15.8. The van der Waals surface area contributed by atoms with Gasteiger partial charge in [0, 0.05) is 38.3 Å². The fourth-order valence-corrected chi connectivity index (χ4v) is 3.86. The number of benzene rings is 2. The molecule has 1 aliphatic rings. The first-order valence-electron chi connectivity index (χ1n) is 11.4. The lowest BCUT2D eigenvalue weighted by Gasteiger charge is -2.34. The summed E-state index contributed by atoms with van der Waals surface area (Å²) in [7, 11) is 0. The molecule has 33 heavy (non-hydrogen) atoms. The molecule has 1 atom stereocenters. The van der Waals surface area contributed by atoms with E-state index in [1.807, 2.05) is 51.1 Å². The zero-order valence-corrected chi connectivity index (χ0v) is 19.6. The van der Waals surface area contributed by atoms with Crippen molar-refractivity contribution in [1.29, 1.82) is 0 Å². The van der Waals surface area contributed by atoms with Crippen LogP contribution in [0.4, 0.5) is 0 Å². The van der Waals surface area contributed by atoms with Gasteiger partial charge in [0.05, 0.1) is 0 Å². The average Bonchev–Trinajstić information content (AvgIpc) is 2.82. The van der Waals surface area contributed by atoms with E-state index in [4.69, 9.17) is 4.74 Å². The lowest BCUT2D eigenvalue weighted by atomic mass is 10.0. The maximum absolute atomic E-state index is 12.7. The minimum atomic E-state index is -0.826. The van der Waals surface area contributed by atoms with E-state index in [0.717, 1.165) is 25.2 Å². The molecule has 0 spiro atoms. The first-order valence-corrected chi connectivity index (χ1v) is 11.4. The van der Waals surface area contributed by atoms with Gasteiger partial charge in [-0.15, -0.1) is 0 Å². The van der Waals surface area contributed by atoms with Crippen LogP contribution >= 0.6 is 0 Å². The Morgan fingerprint density at radius 3 is 2.21 bits per heavy atom. The predicted octanol–water partition coefficient (Wildman–Crippen LogP) is 2.64. The molecule has 0 radical (unpaired) electrons. The van der Waals surface area contributed by atoms with Gasteiger partial charge in [0.25, 0.3) is 11.8 Å². The summed E-state index contributed by atoms with van der Waals surface area (Å²) in [5.74, 6) is -1.31. The second kappa shape index (κ2) is 11.6. The third-order valence-corrected chi connectivity index (χ3v) is 5.91. The maximum Gasteiger partial charge on any atom is 0.329 e. The lowest BCUT2D eigenvalue weighted by molar-refractivity contribution is -0.155. The molecule has 1 N–H and O–H groups in total. The predicted molar refractivity (Wildman–Crippen MR) is 127 cm³/mol. The number of hydrogen-bond donors (Lipinski definition) is 1. The monoisotopic (exact) mass is 451 g/mol. The Bertz CT molecular complexity index is 953. The highest BCUT2D eigenvalue weighted by atomic mass is 16.5. The molecular weight excluding hydrogens is 418 g/mol. The number of carbonyl (C=O) groups excluding carboxylic acids is 3. The van der Waals surface area contributed by atoms with Crippen LogP contribution in [0.5, 0.6) is 0 Å². The Kier molecular flexibility index (Phi) is 8.60. The van der Waals surface area contributed by atoms with E-state index in [-0.39, 0.29) is 24.3 Å². The number of hydrogen-bond acceptors (Lipinski definition) is 5. The number of carbonyl (C=O) groups is 3. The number of nitrogens with zero attached hydrogens (tertiary/aromatic N) is 2. The van der Waals surface area contributed by atoms with Crippen LogP contribution < -0.4 is 5.32 Å². The molecular formula is C26H33N3O4. The molecule has 7 nitrogen and oxygen atoms in total. The zero-order chi connectivity index (χ0) is 23.8. The summed E-state index contributed by atoms with van der Waals surface area (Å²) in [5.41, 5.74) is 2.59. The van der Waals surface area contributed by atoms with Crippen molar-refractivity contribution in [3.63, 3.8) is 0 Å². The largest absolute Gasteiger partial charge is 0.454 e. The lowest BCUT2D eigenvalue weighted by Crippen LogP contribution is -2.50. The van der Waals surface area contributed by atoms with Crippen LogP contribution in [-0.2, 0) is 20.9 Å². The van der Waals surface area contributed by atoms with Gasteiger partial charge in [-0.3, -0.25) is 14.5 Å². The van der Waals surface area contributed by atoms with E-state index in [1.54, 1.807) is 17.0 Å². The van der Waals surface area contributed by atoms with Gasteiger partial charge < -0.3 is 15.0 Å². The Morgan fingerprint density at radius 2 is 1.58 bits per heavy atom. The molecule has 0 aliphatic carbocycles. The number of esters is 1. The van der Waals surface area contributed by atoms with Crippen molar-refractivity contribution in [2.24, 2.45) is 5.92 Å². The third-order valence-electron chi connectivity index (χ3n) is 5.91. The van der Waals surface area contributed by atoms with Gasteiger partial charge in [-0.1, -0.05) is 62.4 Å². The minimum absolute atomic E-state index is 0.179. The van der Waals surface area contributed by atoms with Gasteiger partial charge in [-0.2, -0.15) is 0 Å². The molecule has 2 aromatic carbocycles. The standard InChI is InChI=1S/C26H33N3O4/c1-19(2)24(27-25(31)22-12-8-7-9-20(22)3)26(32)33-18-23(30)29-15-13-28(14-16-29)17-21-10-5-4-6-11-21/h4-12,19,24H,13-18H2,1-3H3,(H,27,31)/t24-/m0/s1. The van der Waals surface area contributed by atoms with Crippen molar-refractivity contribution in [3.8, 4) is 0 Å². The van der Waals surface area contributed by atoms with Gasteiger partial charge in [0.1, 0.15) is 6.04 Å². The van der Waals surface area contributed by atoms with E-state index in [0.29, 0.717) is 18.7 Å². The Balaban J connectivity index is 1.46. The molecule has 1 heterocycles. The molecule has 0 unspecified atom stereocenters. The van der Waals surface area contributed by atoms with E-state index in [1.165, 1.54) is 5.56 Å². The molecule has 1 fully saturated rings. The van der Waals surface area contributed by atoms with Crippen molar-refractivity contribution in [3.05, 3.63) is 71.3 Å². The molecule has 1 aliphatic heterocycles. The van der Waals surface area contributed by atoms with E-state index >= 15 is 0 Å². The van der Waals surface area contributed by atoms with Crippen molar-refractivity contribution < 1.29 is 19.1 Å². The second-order valence-electron chi connectivity index (χ2n) is 8.76. The zero-order valence-electron chi connectivity index (χ0n) is 19.6. The summed E-state index contributed by atoms with van der Waals surface area (Å²) >= 11 is 0. The number of ether oxygens (including phenoxy) is 1. The van der Waals surface area contributed by atoms with Gasteiger partial charge in [0.2, 0.25) is 0 Å². The molecule has 0 bridgehead atoms. The van der Waals surface area contributed by atoms with Crippen molar-refractivity contribution >= 4 is 17.8 Å². The van der Waals surface area contributed by atoms with Crippen LogP contribution in [0.1, 0.15) is 35.3 Å². The molecule has 7 heteroatoms. The molecule has 0 aromatic heterocycles. The summed E-state index contributed by atoms with van der Waals surface area (Å²) in [6.45, 7) is 8.79. The number of piperazine rings is 1. The van der Waals surface area contributed by atoms with E-state index in [9.17, 15) is 14.4 Å². The molecule has 176 valence electrons. The van der Waals surface area contributed by atoms with Gasteiger partial charge >= 0.3 is 5.97 Å². The smallest absolute Gasteiger partial charge is 0.329 e. The fraction of sp³-hybridized carbons (Fsp3) is 0.423.